The van der Waals surface area contributed by atoms with E-state index in [1.165, 1.54) is 0 Å². The summed E-state index contributed by atoms with van der Waals surface area (Å²) in [5.41, 5.74) is 2.91. The Balaban J connectivity index is 1.77. The predicted molar refractivity (Wildman–Crippen MR) is 106 cm³/mol. The van der Waals surface area contributed by atoms with Gasteiger partial charge in [0, 0.05) is 6.54 Å². The maximum Gasteiger partial charge on any atom is 0.265 e. The molecule has 0 saturated heterocycles. The van der Waals surface area contributed by atoms with E-state index < -0.39 is 6.10 Å². The molecule has 0 spiro atoms. The summed E-state index contributed by atoms with van der Waals surface area (Å²) in [5, 5.41) is 5.94. The van der Waals surface area contributed by atoms with Crippen LogP contribution in [0, 0.1) is 5.82 Å². The molecule has 1 heterocycles. The maximum absolute atomic E-state index is 14.8. The molecule has 1 unspecified atom stereocenters. The number of hydrogen-bond acceptors (Lipinski definition) is 3. The average Bonchev–Trinajstić information content (AvgIpc) is 2.68. The number of benzene rings is 2. The number of halogens is 1. The Hall–Kier alpha value is -2.40. The van der Waals surface area contributed by atoms with Crippen LogP contribution in [0.3, 0.4) is 0 Å². The van der Waals surface area contributed by atoms with E-state index in [0.717, 1.165) is 17.7 Å². The summed E-state index contributed by atoms with van der Waals surface area (Å²) < 4.78 is 20.8. The zero-order chi connectivity index (χ0) is 19.4. The topological polar surface area (TPSA) is 50.4 Å². The van der Waals surface area contributed by atoms with Gasteiger partial charge in [-0.3, -0.25) is 4.79 Å². The van der Waals surface area contributed by atoms with Crippen LogP contribution in [0.4, 0.5) is 10.1 Å². The van der Waals surface area contributed by atoms with Gasteiger partial charge in [0.15, 0.2) is 6.10 Å². The molecule has 0 fully saturated rings. The predicted octanol–water partition coefficient (Wildman–Crippen LogP) is 4.39. The van der Waals surface area contributed by atoms with E-state index in [2.05, 4.69) is 24.5 Å². The molecule has 2 aromatic carbocycles. The number of carbonyl (C=O) groups is 1. The number of amides is 1. The molecule has 2 N–H and O–H groups in total. The number of hydrogen-bond donors (Lipinski definition) is 2. The van der Waals surface area contributed by atoms with E-state index in [1.807, 2.05) is 37.3 Å². The standard InChI is InChI=1S/C22H27FN2O2/c1-4-19(27-20-8-6-5-7-16(20)14(2)3)22(26)25-18-10-9-15-13-24-12-11-17(15)21(18)23/h5-10,14,19,24H,4,11-13H2,1-3H3,(H,25,26). The first kappa shape index (κ1) is 19.4. The molecule has 3 rings (SSSR count). The molecule has 2 aromatic rings. The molecule has 4 nitrogen and oxygen atoms in total. The molecule has 0 radical (unpaired) electrons. The number of ether oxygens (including phenoxy) is 1. The molecule has 0 saturated carbocycles. The SMILES string of the molecule is CCC(Oc1ccccc1C(C)C)C(=O)Nc1ccc2c(c1F)CCNC2. The minimum Gasteiger partial charge on any atom is -0.480 e. The molecule has 0 aliphatic carbocycles. The lowest BCUT2D eigenvalue weighted by atomic mass is 9.99. The van der Waals surface area contributed by atoms with Gasteiger partial charge in [0.1, 0.15) is 11.6 Å². The minimum absolute atomic E-state index is 0.222. The first-order valence-corrected chi connectivity index (χ1v) is 9.58. The number of para-hydroxylation sites is 1. The molecule has 144 valence electrons. The zero-order valence-corrected chi connectivity index (χ0v) is 16.1. The molecule has 1 amide bonds. The quantitative estimate of drug-likeness (QED) is 0.793. The fraction of sp³-hybridized carbons (Fsp3) is 0.409. The van der Waals surface area contributed by atoms with E-state index in [1.54, 1.807) is 6.07 Å². The maximum atomic E-state index is 14.8. The van der Waals surface area contributed by atoms with E-state index in [9.17, 15) is 9.18 Å². The molecule has 0 aromatic heterocycles. The number of rotatable bonds is 6. The third-order valence-electron chi connectivity index (χ3n) is 4.94. The first-order valence-electron chi connectivity index (χ1n) is 9.58. The van der Waals surface area contributed by atoms with Crippen molar-refractivity contribution in [3.8, 4) is 5.75 Å². The van der Waals surface area contributed by atoms with Crippen LogP contribution in [0.2, 0.25) is 0 Å². The van der Waals surface area contributed by atoms with Gasteiger partial charge in [-0.1, -0.05) is 45.0 Å². The minimum atomic E-state index is -0.679. The van der Waals surface area contributed by atoms with Crippen molar-refractivity contribution in [3.05, 3.63) is 58.9 Å². The fourth-order valence-electron chi connectivity index (χ4n) is 3.38. The van der Waals surface area contributed by atoms with Gasteiger partial charge in [-0.2, -0.15) is 0 Å². The smallest absolute Gasteiger partial charge is 0.265 e. The lowest BCUT2D eigenvalue weighted by molar-refractivity contribution is -0.122. The van der Waals surface area contributed by atoms with E-state index >= 15 is 0 Å². The van der Waals surface area contributed by atoms with Gasteiger partial charge in [-0.05, 0) is 54.1 Å². The molecular weight excluding hydrogens is 343 g/mol. The van der Waals surface area contributed by atoms with Gasteiger partial charge >= 0.3 is 0 Å². The second-order valence-corrected chi connectivity index (χ2v) is 7.19. The second kappa shape index (κ2) is 8.53. The monoisotopic (exact) mass is 370 g/mol. The highest BCUT2D eigenvalue weighted by atomic mass is 19.1. The molecule has 27 heavy (non-hydrogen) atoms. The summed E-state index contributed by atoms with van der Waals surface area (Å²) >= 11 is 0. The van der Waals surface area contributed by atoms with E-state index in [-0.39, 0.29) is 23.3 Å². The third kappa shape index (κ3) is 4.30. The van der Waals surface area contributed by atoms with Crippen LogP contribution in [-0.2, 0) is 17.8 Å². The summed E-state index contributed by atoms with van der Waals surface area (Å²) in [6, 6.07) is 11.2. The van der Waals surface area contributed by atoms with Crippen LogP contribution in [0.5, 0.6) is 5.75 Å². The Morgan fingerprint density at radius 3 is 2.78 bits per heavy atom. The van der Waals surface area contributed by atoms with Gasteiger partial charge in [-0.15, -0.1) is 0 Å². The van der Waals surface area contributed by atoms with Crippen molar-refractivity contribution >= 4 is 11.6 Å². The van der Waals surface area contributed by atoms with Crippen molar-refractivity contribution in [2.24, 2.45) is 0 Å². The van der Waals surface area contributed by atoms with Crippen LogP contribution in [0.1, 0.15) is 49.8 Å². The summed E-state index contributed by atoms with van der Waals surface area (Å²) in [5.74, 6) is 0.323. The van der Waals surface area contributed by atoms with Crippen LogP contribution in [0.15, 0.2) is 36.4 Å². The van der Waals surface area contributed by atoms with Crippen LogP contribution >= 0.6 is 0 Å². The lowest BCUT2D eigenvalue weighted by Gasteiger charge is -2.22. The molecule has 1 aliphatic rings. The van der Waals surface area contributed by atoms with Gasteiger partial charge < -0.3 is 15.4 Å². The highest BCUT2D eigenvalue weighted by molar-refractivity contribution is 5.94. The molecule has 1 aliphatic heterocycles. The molecular formula is C22H27FN2O2. The number of fused-ring (bicyclic) bond motifs is 1. The summed E-state index contributed by atoms with van der Waals surface area (Å²) in [6.07, 6.45) is 0.441. The van der Waals surface area contributed by atoms with Gasteiger partial charge in [0.25, 0.3) is 5.91 Å². The molecule has 0 bridgehead atoms. The Morgan fingerprint density at radius 2 is 2.04 bits per heavy atom. The largest absolute Gasteiger partial charge is 0.480 e. The Labute approximate surface area is 160 Å². The number of anilines is 1. The zero-order valence-electron chi connectivity index (χ0n) is 16.1. The van der Waals surface area contributed by atoms with Crippen molar-refractivity contribution in [2.45, 2.75) is 52.2 Å². The van der Waals surface area contributed by atoms with Crippen LogP contribution < -0.4 is 15.4 Å². The highest BCUT2D eigenvalue weighted by Gasteiger charge is 2.23. The van der Waals surface area contributed by atoms with Crippen molar-refractivity contribution in [3.63, 3.8) is 0 Å². The van der Waals surface area contributed by atoms with E-state index in [4.69, 9.17) is 4.74 Å². The Morgan fingerprint density at radius 1 is 1.26 bits per heavy atom. The van der Waals surface area contributed by atoms with Gasteiger partial charge in [-0.25, -0.2) is 4.39 Å². The Kier molecular flexibility index (Phi) is 6.11. The normalized spacial score (nSPS) is 14.6. The van der Waals surface area contributed by atoms with Crippen molar-refractivity contribution in [1.82, 2.24) is 5.32 Å². The van der Waals surface area contributed by atoms with E-state index in [0.29, 0.717) is 30.7 Å². The lowest BCUT2D eigenvalue weighted by Crippen LogP contribution is -2.33. The second-order valence-electron chi connectivity index (χ2n) is 7.19. The number of nitrogens with one attached hydrogen (secondary N) is 2. The summed E-state index contributed by atoms with van der Waals surface area (Å²) in [4.78, 5) is 12.7. The van der Waals surface area contributed by atoms with Gasteiger partial charge in [0.2, 0.25) is 0 Å². The van der Waals surface area contributed by atoms with Crippen LogP contribution in [0.25, 0.3) is 0 Å². The van der Waals surface area contributed by atoms with Gasteiger partial charge in [0.05, 0.1) is 5.69 Å². The van der Waals surface area contributed by atoms with Crippen LogP contribution in [-0.4, -0.2) is 18.6 Å². The average molecular weight is 370 g/mol. The van der Waals surface area contributed by atoms with Crippen molar-refractivity contribution in [2.75, 3.05) is 11.9 Å². The Bertz CT molecular complexity index is 820. The first-order chi connectivity index (χ1) is 13.0. The third-order valence-corrected chi connectivity index (χ3v) is 4.94. The summed E-state index contributed by atoms with van der Waals surface area (Å²) in [6.45, 7) is 7.46. The summed E-state index contributed by atoms with van der Waals surface area (Å²) in [7, 11) is 0. The fourth-order valence-corrected chi connectivity index (χ4v) is 3.38. The van der Waals surface area contributed by atoms with Crippen molar-refractivity contribution < 1.29 is 13.9 Å². The van der Waals surface area contributed by atoms with Crippen molar-refractivity contribution in [1.29, 1.82) is 0 Å². The number of carbonyl (C=O) groups excluding carboxylic acids is 1. The molecule has 1 atom stereocenters. The molecule has 5 heteroatoms. The highest BCUT2D eigenvalue weighted by Crippen LogP contribution is 2.28.